The van der Waals surface area contributed by atoms with E-state index in [1.54, 1.807) is 24.7 Å². The largest absolute Gasteiger partial charge is 0.460 e. The van der Waals surface area contributed by atoms with Crippen LogP contribution >= 0.6 is 11.3 Å². The molecule has 3 aromatic heterocycles. The second-order valence-corrected chi connectivity index (χ2v) is 12.0. The molecule has 1 aliphatic rings. The van der Waals surface area contributed by atoms with Gasteiger partial charge in [0, 0.05) is 18.9 Å². The summed E-state index contributed by atoms with van der Waals surface area (Å²) in [5.74, 6) is -0.711. The first-order chi connectivity index (χ1) is 19.3. The zero-order chi connectivity index (χ0) is 28.1. The van der Waals surface area contributed by atoms with Crippen molar-refractivity contribution < 1.29 is 14.3 Å². The highest BCUT2D eigenvalue weighted by Gasteiger charge is 2.29. The van der Waals surface area contributed by atoms with Crippen LogP contribution in [0.2, 0.25) is 0 Å². The van der Waals surface area contributed by atoms with E-state index in [2.05, 4.69) is 43.0 Å². The second-order valence-electron chi connectivity index (χ2n) is 10.9. The lowest BCUT2D eigenvalue weighted by Gasteiger charge is -2.32. The number of hydrogen-bond donors (Lipinski definition) is 0. The van der Waals surface area contributed by atoms with Crippen LogP contribution in [0.25, 0.3) is 10.2 Å². The topological polar surface area (TPSA) is 114 Å². The molecule has 5 rings (SSSR count). The van der Waals surface area contributed by atoms with Crippen LogP contribution in [0.15, 0.2) is 55.0 Å². The Morgan fingerprint density at radius 2 is 1.85 bits per heavy atom. The SMILES string of the molecule is CC(C)(C)OC(=O)C1CCN(Cc2ccc(COc3nccc(C(C#N)c4nc5cnccc5s4)n3)cc2)CC1. The monoisotopic (exact) mass is 556 g/mol. The van der Waals surface area contributed by atoms with Gasteiger partial charge in [-0.25, -0.2) is 9.97 Å². The van der Waals surface area contributed by atoms with Crippen molar-refractivity contribution >= 4 is 27.5 Å². The van der Waals surface area contributed by atoms with Crippen LogP contribution in [0.1, 0.15) is 61.4 Å². The van der Waals surface area contributed by atoms with E-state index in [0.717, 1.165) is 48.3 Å². The molecule has 0 N–H and O–H groups in total. The molecule has 4 aromatic rings. The van der Waals surface area contributed by atoms with Gasteiger partial charge in [0.15, 0.2) is 0 Å². The van der Waals surface area contributed by atoms with Crippen molar-refractivity contribution in [3.8, 4) is 12.1 Å². The molecule has 0 radical (unpaired) electrons. The molecule has 1 atom stereocenters. The summed E-state index contributed by atoms with van der Waals surface area (Å²) in [7, 11) is 0. The fourth-order valence-electron chi connectivity index (χ4n) is 4.61. The quantitative estimate of drug-likeness (QED) is 0.268. The van der Waals surface area contributed by atoms with Gasteiger partial charge >= 0.3 is 12.0 Å². The maximum Gasteiger partial charge on any atom is 0.316 e. The number of aromatic nitrogens is 4. The first kappa shape index (κ1) is 27.6. The van der Waals surface area contributed by atoms with Gasteiger partial charge in [0.1, 0.15) is 23.1 Å². The molecule has 10 heteroatoms. The molecule has 40 heavy (non-hydrogen) atoms. The molecule has 0 bridgehead atoms. The van der Waals surface area contributed by atoms with Crippen molar-refractivity contribution in [2.75, 3.05) is 13.1 Å². The van der Waals surface area contributed by atoms with Gasteiger partial charge in [-0.1, -0.05) is 24.3 Å². The number of nitrogens with zero attached hydrogens (tertiary/aromatic N) is 6. The van der Waals surface area contributed by atoms with Crippen molar-refractivity contribution in [3.63, 3.8) is 0 Å². The Morgan fingerprint density at radius 3 is 2.55 bits per heavy atom. The Morgan fingerprint density at radius 1 is 1.10 bits per heavy atom. The lowest BCUT2D eigenvalue weighted by atomic mass is 9.96. The summed E-state index contributed by atoms with van der Waals surface area (Å²) in [5.41, 5.74) is 3.08. The average Bonchev–Trinajstić information content (AvgIpc) is 3.37. The van der Waals surface area contributed by atoms with Crippen LogP contribution in [-0.4, -0.2) is 49.5 Å². The highest BCUT2D eigenvalue weighted by atomic mass is 32.1. The van der Waals surface area contributed by atoms with Crippen LogP contribution in [-0.2, 0) is 22.7 Å². The maximum absolute atomic E-state index is 12.4. The maximum atomic E-state index is 12.4. The van der Waals surface area contributed by atoms with Gasteiger partial charge in [0.25, 0.3) is 0 Å². The Bertz CT molecular complexity index is 1470. The molecule has 1 aliphatic heterocycles. The van der Waals surface area contributed by atoms with Crippen LogP contribution in [0.3, 0.4) is 0 Å². The number of carbonyl (C=O) groups excluding carboxylic acids is 1. The van der Waals surface area contributed by atoms with Crippen LogP contribution in [0, 0.1) is 17.2 Å². The Hall–Kier alpha value is -3.94. The van der Waals surface area contributed by atoms with E-state index in [1.807, 2.05) is 39.0 Å². The number of rotatable bonds is 8. The van der Waals surface area contributed by atoms with Crippen molar-refractivity contribution in [1.29, 1.82) is 5.26 Å². The molecule has 1 aromatic carbocycles. The third-order valence-corrected chi connectivity index (χ3v) is 7.76. The van der Waals surface area contributed by atoms with E-state index in [-0.39, 0.29) is 17.9 Å². The first-order valence-electron chi connectivity index (χ1n) is 13.4. The van der Waals surface area contributed by atoms with E-state index in [4.69, 9.17) is 9.47 Å². The summed E-state index contributed by atoms with van der Waals surface area (Å²) in [6, 6.07) is 14.4. The Balaban J connectivity index is 1.13. The summed E-state index contributed by atoms with van der Waals surface area (Å²) in [4.78, 5) is 32.1. The minimum atomic E-state index is -0.615. The van der Waals surface area contributed by atoms with Gasteiger partial charge in [-0.2, -0.15) is 10.2 Å². The molecule has 1 unspecified atom stereocenters. The van der Waals surface area contributed by atoms with Gasteiger partial charge in [0.2, 0.25) is 0 Å². The molecular weight excluding hydrogens is 524 g/mol. The standard InChI is InChI=1S/C30H32N6O3S/c1-30(2,3)39-28(37)22-10-14-36(15-11-22)18-20-4-6-21(7-5-20)19-38-29-33-13-8-24(35-29)23(16-31)27-34-25-17-32-12-9-26(25)40-27/h4-9,12-13,17,22-23H,10-11,14-15,18-19H2,1-3H3. The number of pyridine rings is 1. The van der Waals surface area contributed by atoms with Gasteiger partial charge < -0.3 is 9.47 Å². The lowest BCUT2D eigenvalue weighted by Crippen LogP contribution is -2.38. The number of esters is 1. The van der Waals surface area contributed by atoms with Gasteiger partial charge in [-0.05, 0) is 70.0 Å². The summed E-state index contributed by atoms with van der Waals surface area (Å²) in [6.07, 6.45) is 6.65. The molecule has 206 valence electrons. The minimum absolute atomic E-state index is 0.0160. The highest BCUT2D eigenvalue weighted by molar-refractivity contribution is 7.18. The zero-order valence-electron chi connectivity index (χ0n) is 22.9. The van der Waals surface area contributed by atoms with Crippen molar-refractivity contribution in [2.24, 2.45) is 5.92 Å². The third kappa shape index (κ3) is 6.97. The van der Waals surface area contributed by atoms with Crippen molar-refractivity contribution in [2.45, 2.75) is 58.3 Å². The molecule has 4 heterocycles. The van der Waals surface area contributed by atoms with Crippen LogP contribution < -0.4 is 4.74 Å². The first-order valence-corrected chi connectivity index (χ1v) is 14.2. The number of hydrogen-bond acceptors (Lipinski definition) is 10. The fourth-order valence-corrected chi connectivity index (χ4v) is 5.60. The molecule has 0 aliphatic carbocycles. The number of benzene rings is 1. The predicted molar refractivity (Wildman–Crippen MR) is 152 cm³/mol. The summed E-state index contributed by atoms with van der Waals surface area (Å²) >= 11 is 1.46. The van der Waals surface area contributed by atoms with E-state index in [1.165, 1.54) is 16.9 Å². The highest BCUT2D eigenvalue weighted by Crippen LogP contribution is 2.30. The smallest absolute Gasteiger partial charge is 0.316 e. The van der Waals surface area contributed by atoms with E-state index < -0.39 is 11.5 Å². The lowest BCUT2D eigenvalue weighted by molar-refractivity contribution is -0.161. The zero-order valence-corrected chi connectivity index (χ0v) is 23.7. The normalized spacial score (nSPS) is 15.4. The van der Waals surface area contributed by atoms with Crippen LogP contribution in [0.5, 0.6) is 6.01 Å². The van der Waals surface area contributed by atoms with Gasteiger partial charge in [0.05, 0.1) is 34.1 Å². The van der Waals surface area contributed by atoms with E-state index in [9.17, 15) is 10.1 Å². The fraction of sp³-hybridized carbons (Fsp3) is 0.400. The van der Waals surface area contributed by atoms with E-state index in [0.29, 0.717) is 17.3 Å². The number of likely N-dealkylation sites (tertiary alicyclic amines) is 1. The van der Waals surface area contributed by atoms with Gasteiger partial charge in [-0.3, -0.25) is 14.7 Å². The number of carbonyl (C=O) groups is 1. The summed E-state index contributed by atoms with van der Waals surface area (Å²) < 4.78 is 12.4. The third-order valence-electron chi connectivity index (χ3n) is 6.66. The van der Waals surface area contributed by atoms with Crippen LogP contribution in [0.4, 0.5) is 0 Å². The Labute approximate surface area is 237 Å². The molecular formula is C30H32N6O3S. The molecule has 1 fully saturated rings. The van der Waals surface area contributed by atoms with E-state index >= 15 is 0 Å². The van der Waals surface area contributed by atoms with Gasteiger partial charge in [-0.15, -0.1) is 11.3 Å². The number of fused-ring (bicyclic) bond motifs is 1. The Kier molecular flexibility index (Phi) is 8.33. The predicted octanol–water partition coefficient (Wildman–Crippen LogP) is 5.27. The van der Waals surface area contributed by atoms with Crippen molar-refractivity contribution in [3.05, 3.63) is 76.8 Å². The number of piperidine rings is 1. The number of ether oxygens (including phenoxy) is 2. The molecule has 0 amide bonds. The molecule has 0 saturated carbocycles. The molecule has 1 saturated heterocycles. The number of nitriles is 1. The summed E-state index contributed by atoms with van der Waals surface area (Å²) in [5, 5.41) is 10.5. The second kappa shape index (κ2) is 12.1. The minimum Gasteiger partial charge on any atom is -0.460 e. The van der Waals surface area contributed by atoms with Crippen molar-refractivity contribution in [1.82, 2.24) is 24.8 Å². The molecule has 0 spiro atoms. The average molecular weight is 557 g/mol. The summed E-state index contributed by atoms with van der Waals surface area (Å²) in [6.45, 7) is 8.63. The number of thiazole rings is 1. The molecule has 9 nitrogen and oxygen atoms in total.